The molecule has 0 aliphatic heterocycles. The molecule has 0 atom stereocenters. The Morgan fingerprint density at radius 1 is 0.957 bits per heavy atom. The number of carbonyl (C=O) groups is 2. The van der Waals surface area contributed by atoms with E-state index in [4.69, 9.17) is 5.26 Å². The summed E-state index contributed by atoms with van der Waals surface area (Å²) in [7, 11) is 0. The van der Waals surface area contributed by atoms with Gasteiger partial charge in [-0.3, -0.25) is 9.59 Å². The number of nitrogens with zero attached hydrogens (tertiary/aromatic N) is 1. The van der Waals surface area contributed by atoms with Gasteiger partial charge >= 0.3 is 0 Å². The highest BCUT2D eigenvalue weighted by atomic mass is 16.2. The van der Waals surface area contributed by atoms with Crippen LogP contribution in [-0.2, 0) is 11.2 Å². The lowest BCUT2D eigenvalue weighted by Crippen LogP contribution is -2.13. The summed E-state index contributed by atoms with van der Waals surface area (Å²) in [6.45, 7) is 2.07. The fraction of sp³-hybridized carbons (Fsp3) is 0.167. The molecule has 2 rings (SSSR count). The van der Waals surface area contributed by atoms with Crippen molar-refractivity contribution in [2.75, 3.05) is 10.6 Å². The van der Waals surface area contributed by atoms with E-state index >= 15 is 0 Å². The number of benzene rings is 2. The third-order valence-corrected chi connectivity index (χ3v) is 3.29. The molecule has 0 aliphatic rings. The Balaban J connectivity index is 1.99. The summed E-state index contributed by atoms with van der Waals surface area (Å²) in [5, 5.41) is 13.8. The van der Waals surface area contributed by atoms with E-state index in [0.29, 0.717) is 11.3 Å². The minimum absolute atomic E-state index is 0.198. The first kappa shape index (κ1) is 16.2. The lowest BCUT2D eigenvalue weighted by Gasteiger charge is -2.07. The summed E-state index contributed by atoms with van der Waals surface area (Å²) in [6.07, 6.45) is 0.753. The highest BCUT2D eigenvalue weighted by Gasteiger charge is 2.07. The molecule has 0 saturated carbocycles. The number of hydrogen-bond acceptors (Lipinski definition) is 3. The van der Waals surface area contributed by atoms with E-state index < -0.39 is 0 Å². The first-order valence-electron chi connectivity index (χ1n) is 7.29. The fourth-order valence-electron chi connectivity index (χ4n) is 2.01. The van der Waals surface area contributed by atoms with Crippen molar-refractivity contribution in [2.24, 2.45) is 0 Å². The fourth-order valence-corrected chi connectivity index (χ4v) is 2.01. The quantitative estimate of drug-likeness (QED) is 0.888. The molecule has 2 amide bonds. The second-order valence-electron chi connectivity index (χ2n) is 4.97. The maximum atomic E-state index is 12.2. The van der Waals surface area contributed by atoms with Gasteiger partial charge in [-0.25, -0.2) is 0 Å². The third kappa shape index (κ3) is 4.68. The van der Waals surface area contributed by atoms with Crippen molar-refractivity contribution < 1.29 is 9.59 Å². The Morgan fingerprint density at radius 3 is 2.09 bits per heavy atom. The van der Waals surface area contributed by atoms with Crippen molar-refractivity contribution in [3.8, 4) is 6.07 Å². The van der Waals surface area contributed by atoms with Crippen molar-refractivity contribution in [3.63, 3.8) is 0 Å². The van der Waals surface area contributed by atoms with Gasteiger partial charge in [0.15, 0.2) is 0 Å². The molecule has 0 bridgehead atoms. The summed E-state index contributed by atoms with van der Waals surface area (Å²) in [4.78, 5) is 23.5. The molecular weight excluding hydrogens is 290 g/mol. The van der Waals surface area contributed by atoms with Crippen LogP contribution in [0.5, 0.6) is 0 Å². The zero-order chi connectivity index (χ0) is 16.7. The van der Waals surface area contributed by atoms with Crippen molar-refractivity contribution in [2.45, 2.75) is 19.8 Å². The molecule has 5 nitrogen and oxygen atoms in total. The van der Waals surface area contributed by atoms with Gasteiger partial charge in [0.25, 0.3) is 5.91 Å². The largest absolute Gasteiger partial charge is 0.325 e. The van der Waals surface area contributed by atoms with Gasteiger partial charge in [0.05, 0.1) is 6.07 Å². The predicted octanol–water partition coefficient (Wildman–Crippen LogP) is 3.35. The maximum absolute atomic E-state index is 12.2. The van der Waals surface area contributed by atoms with E-state index in [-0.39, 0.29) is 18.2 Å². The van der Waals surface area contributed by atoms with Gasteiger partial charge in [-0.2, -0.15) is 5.26 Å². The average molecular weight is 307 g/mol. The van der Waals surface area contributed by atoms with Crippen LogP contribution in [-0.4, -0.2) is 11.8 Å². The van der Waals surface area contributed by atoms with Crippen LogP contribution in [0.4, 0.5) is 11.4 Å². The Kier molecular flexibility index (Phi) is 5.48. The standard InChI is InChI=1S/C18H17N3O2/c1-2-13-3-7-16(8-4-13)21-18(23)14-5-9-15(10-6-14)20-17(22)11-12-19/h3-10H,2,11H2,1H3,(H,20,22)(H,21,23). The number of rotatable bonds is 5. The van der Waals surface area contributed by atoms with Gasteiger partial charge in [0.2, 0.25) is 5.91 Å². The Bertz CT molecular complexity index is 728. The molecule has 2 N–H and O–H groups in total. The summed E-state index contributed by atoms with van der Waals surface area (Å²) >= 11 is 0. The molecule has 2 aromatic rings. The number of hydrogen-bond donors (Lipinski definition) is 2. The number of aryl methyl sites for hydroxylation is 1. The van der Waals surface area contributed by atoms with Gasteiger partial charge in [-0.15, -0.1) is 0 Å². The molecule has 0 saturated heterocycles. The molecule has 2 aromatic carbocycles. The Morgan fingerprint density at radius 2 is 1.52 bits per heavy atom. The normalized spacial score (nSPS) is 9.74. The monoisotopic (exact) mass is 307 g/mol. The molecular formula is C18H17N3O2. The summed E-state index contributed by atoms with van der Waals surface area (Å²) in [5.74, 6) is -0.593. The second-order valence-corrected chi connectivity index (χ2v) is 4.97. The molecule has 0 spiro atoms. The zero-order valence-electron chi connectivity index (χ0n) is 12.8. The van der Waals surface area contributed by atoms with Gasteiger partial charge in [-0.05, 0) is 48.4 Å². The second kappa shape index (κ2) is 7.76. The number of anilines is 2. The zero-order valence-corrected chi connectivity index (χ0v) is 12.8. The van der Waals surface area contributed by atoms with Gasteiger partial charge in [0, 0.05) is 16.9 Å². The molecule has 5 heteroatoms. The lowest BCUT2D eigenvalue weighted by atomic mass is 10.1. The van der Waals surface area contributed by atoms with Crippen LogP contribution in [0, 0.1) is 11.3 Å². The molecule has 0 fully saturated rings. The minimum atomic E-state index is -0.374. The minimum Gasteiger partial charge on any atom is -0.325 e. The van der Waals surface area contributed by atoms with Crippen molar-refractivity contribution in [3.05, 3.63) is 59.7 Å². The van der Waals surface area contributed by atoms with Crippen molar-refractivity contribution >= 4 is 23.2 Å². The van der Waals surface area contributed by atoms with Crippen molar-refractivity contribution in [1.29, 1.82) is 5.26 Å². The van der Waals surface area contributed by atoms with Crippen LogP contribution in [0.25, 0.3) is 0 Å². The number of nitrogens with one attached hydrogen (secondary N) is 2. The number of nitriles is 1. The smallest absolute Gasteiger partial charge is 0.255 e. The van der Waals surface area contributed by atoms with Crippen LogP contribution in [0.2, 0.25) is 0 Å². The van der Waals surface area contributed by atoms with E-state index in [9.17, 15) is 9.59 Å². The maximum Gasteiger partial charge on any atom is 0.255 e. The molecule has 0 aliphatic carbocycles. The highest BCUT2D eigenvalue weighted by molar-refractivity contribution is 6.04. The SMILES string of the molecule is CCc1ccc(NC(=O)c2ccc(NC(=O)CC#N)cc2)cc1. The van der Waals surface area contributed by atoms with E-state index in [1.54, 1.807) is 30.3 Å². The number of carbonyl (C=O) groups excluding carboxylic acids is 2. The molecule has 23 heavy (non-hydrogen) atoms. The molecule has 0 unspecified atom stereocenters. The first-order chi connectivity index (χ1) is 11.1. The third-order valence-electron chi connectivity index (χ3n) is 3.29. The van der Waals surface area contributed by atoms with E-state index in [1.165, 1.54) is 5.56 Å². The summed E-state index contributed by atoms with van der Waals surface area (Å²) < 4.78 is 0. The van der Waals surface area contributed by atoms with Crippen LogP contribution in [0.3, 0.4) is 0 Å². The summed E-state index contributed by atoms with van der Waals surface area (Å²) in [6, 6.07) is 16.0. The molecule has 0 radical (unpaired) electrons. The molecule has 0 aromatic heterocycles. The topological polar surface area (TPSA) is 82.0 Å². The van der Waals surface area contributed by atoms with Crippen LogP contribution in [0.1, 0.15) is 29.3 Å². The van der Waals surface area contributed by atoms with Crippen LogP contribution >= 0.6 is 0 Å². The van der Waals surface area contributed by atoms with Gasteiger partial charge in [0.1, 0.15) is 6.42 Å². The van der Waals surface area contributed by atoms with E-state index in [1.807, 2.05) is 24.3 Å². The van der Waals surface area contributed by atoms with Gasteiger partial charge < -0.3 is 10.6 Å². The Hall–Kier alpha value is -3.13. The summed E-state index contributed by atoms with van der Waals surface area (Å²) in [5.41, 5.74) is 2.98. The average Bonchev–Trinajstić information content (AvgIpc) is 2.56. The van der Waals surface area contributed by atoms with Gasteiger partial charge in [-0.1, -0.05) is 19.1 Å². The lowest BCUT2D eigenvalue weighted by molar-refractivity contribution is -0.115. The first-order valence-corrected chi connectivity index (χ1v) is 7.29. The molecule has 0 heterocycles. The highest BCUT2D eigenvalue weighted by Crippen LogP contribution is 2.14. The Labute approximate surface area is 134 Å². The molecule has 116 valence electrons. The number of amides is 2. The van der Waals surface area contributed by atoms with E-state index in [0.717, 1.165) is 12.1 Å². The predicted molar refractivity (Wildman–Crippen MR) is 89.1 cm³/mol. The van der Waals surface area contributed by atoms with Crippen LogP contribution < -0.4 is 10.6 Å². The van der Waals surface area contributed by atoms with E-state index in [2.05, 4.69) is 17.6 Å². The van der Waals surface area contributed by atoms with Crippen LogP contribution in [0.15, 0.2) is 48.5 Å². The van der Waals surface area contributed by atoms with Crippen molar-refractivity contribution in [1.82, 2.24) is 0 Å².